The van der Waals surface area contributed by atoms with Gasteiger partial charge in [-0.3, -0.25) is 9.59 Å². The first-order valence-electron chi connectivity index (χ1n) is 7.48. The molecule has 0 radical (unpaired) electrons. The minimum Gasteiger partial charge on any atom is -0.493 e. The average Bonchev–Trinajstić information content (AvgIpc) is 2.91. The lowest BCUT2D eigenvalue weighted by molar-refractivity contribution is -0.139. The second-order valence-electron chi connectivity index (χ2n) is 5.61. The number of nitrogens with one attached hydrogen (secondary N) is 1. The molecule has 1 aromatic rings. The molecule has 0 aromatic heterocycles. The largest absolute Gasteiger partial charge is 0.493 e. The summed E-state index contributed by atoms with van der Waals surface area (Å²) in [6, 6.07) is 5.79. The van der Waals surface area contributed by atoms with Gasteiger partial charge in [-0.15, -0.1) is 0 Å². The van der Waals surface area contributed by atoms with Gasteiger partial charge < -0.3 is 19.9 Å². The van der Waals surface area contributed by atoms with E-state index in [0.717, 1.165) is 0 Å². The molecule has 23 heavy (non-hydrogen) atoms. The Hall–Kier alpha value is -2.15. The molecule has 1 aliphatic rings. The Morgan fingerprint density at radius 1 is 1.43 bits per heavy atom. The summed E-state index contributed by atoms with van der Waals surface area (Å²) in [6.45, 7) is 0.931. The number of amides is 1. The number of halogens is 1. The normalized spacial score (nSPS) is 20.2. The van der Waals surface area contributed by atoms with Gasteiger partial charge in [-0.05, 0) is 25.0 Å². The standard InChI is InChI=1S/C16H20FNO5/c17-12-3-1-4-13(9-12)23-7-2-5-14(19)18-16(10-15(20)21)6-8-22-11-16/h1,3-4,9H,2,5-8,10-11H2,(H,18,19)(H,20,21). The molecule has 126 valence electrons. The SMILES string of the molecule is O=C(O)CC1(NC(=O)CCCOc2cccc(F)c2)CCOC1. The lowest BCUT2D eigenvalue weighted by Crippen LogP contribution is -2.50. The highest BCUT2D eigenvalue weighted by Gasteiger charge is 2.38. The van der Waals surface area contributed by atoms with E-state index in [-0.39, 0.29) is 37.8 Å². The Balaban J connectivity index is 1.73. The van der Waals surface area contributed by atoms with Crippen LogP contribution in [0.1, 0.15) is 25.7 Å². The van der Waals surface area contributed by atoms with Crippen molar-refractivity contribution in [2.45, 2.75) is 31.2 Å². The molecule has 0 bridgehead atoms. The van der Waals surface area contributed by atoms with Crippen LogP contribution in [0.5, 0.6) is 5.75 Å². The zero-order valence-corrected chi connectivity index (χ0v) is 12.7. The molecule has 1 heterocycles. The lowest BCUT2D eigenvalue weighted by Gasteiger charge is -2.27. The summed E-state index contributed by atoms with van der Waals surface area (Å²) in [4.78, 5) is 22.9. The zero-order chi connectivity index (χ0) is 16.7. The first-order valence-corrected chi connectivity index (χ1v) is 7.48. The molecule has 7 heteroatoms. The van der Waals surface area contributed by atoms with Crippen molar-refractivity contribution in [3.63, 3.8) is 0 Å². The van der Waals surface area contributed by atoms with E-state index >= 15 is 0 Å². The van der Waals surface area contributed by atoms with E-state index in [0.29, 0.717) is 25.2 Å². The number of ether oxygens (including phenoxy) is 2. The first-order chi connectivity index (χ1) is 11.0. The van der Waals surface area contributed by atoms with Crippen molar-refractivity contribution in [1.29, 1.82) is 0 Å². The summed E-state index contributed by atoms with van der Waals surface area (Å²) < 4.78 is 23.6. The number of carboxylic acid groups (broad SMARTS) is 1. The third-order valence-electron chi connectivity index (χ3n) is 3.61. The van der Waals surface area contributed by atoms with Gasteiger partial charge in [0.1, 0.15) is 11.6 Å². The van der Waals surface area contributed by atoms with Crippen molar-refractivity contribution in [2.75, 3.05) is 19.8 Å². The first kappa shape index (κ1) is 17.2. The van der Waals surface area contributed by atoms with Crippen LogP contribution in [0.3, 0.4) is 0 Å². The second kappa shape index (κ2) is 7.92. The van der Waals surface area contributed by atoms with Crippen LogP contribution in [-0.4, -0.2) is 42.3 Å². The van der Waals surface area contributed by atoms with Crippen LogP contribution < -0.4 is 10.1 Å². The Kier molecular flexibility index (Phi) is 5.92. The van der Waals surface area contributed by atoms with Crippen LogP contribution in [0.25, 0.3) is 0 Å². The van der Waals surface area contributed by atoms with Gasteiger partial charge in [-0.2, -0.15) is 0 Å². The molecule has 1 amide bonds. The van der Waals surface area contributed by atoms with Gasteiger partial charge in [0.15, 0.2) is 0 Å². The Bertz CT molecular complexity index is 557. The van der Waals surface area contributed by atoms with E-state index in [4.69, 9.17) is 14.6 Å². The molecule has 0 saturated carbocycles. The van der Waals surface area contributed by atoms with Crippen LogP contribution >= 0.6 is 0 Å². The van der Waals surface area contributed by atoms with Gasteiger partial charge in [-0.1, -0.05) is 6.07 Å². The molecule has 1 saturated heterocycles. The fraction of sp³-hybridized carbons (Fsp3) is 0.500. The van der Waals surface area contributed by atoms with Gasteiger partial charge in [0.05, 0.1) is 25.2 Å². The topological polar surface area (TPSA) is 84.9 Å². The highest BCUT2D eigenvalue weighted by atomic mass is 19.1. The van der Waals surface area contributed by atoms with Gasteiger partial charge in [-0.25, -0.2) is 4.39 Å². The van der Waals surface area contributed by atoms with Gasteiger partial charge in [0.25, 0.3) is 0 Å². The number of carbonyl (C=O) groups excluding carboxylic acids is 1. The molecule has 1 fully saturated rings. The predicted octanol–water partition coefficient (Wildman–Crippen LogP) is 1.73. The summed E-state index contributed by atoms with van der Waals surface area (Å²) in [5.41, 5.74) is -0.813. The van der Waals surface area contributed by atoms with E-state index in [2.05, 4.69) is 5.32 Å². The quantitative estimate of drug-likeness (QED) is 0.711. The van der Waals surface area contributed by atoms with Crippen LogP contribution in [0.15, 0.2) is 24.3 Å². The molecule has 1 aliphatic heterocycles. The molecule has 1 aromatic carbocycles. The third kappa shape index (κ3) is 5.52. The molecule has 0 spiro atoms. The fourth-order valence-electron chi connectivity index (χ4n) is 2.52. The van der Waals surface area contributed by atoms with Gasteiger partial charge in [0, 0.05) is 19.1 Å². The maximum Gasteiger partial charge on any atom is 0.305 e. The van der Waals surface area contributed by atoms with E-state index in [1.54, 1.807) is 12.1 Å². The van der Waals surface area contributed by atoms with E-state index in [9.17, 15) is 14.0 Å². The molecule has 2 N–H and O–H groups in total. The Labute approximate surface area is 133 Å². The number of benzene rings is 1. The smallest absolute Gasteiger partial charge is 0.305 e. The predicted molar refractivity (Wildman–Crippen MR) is 79.7 cm³/mol. The van der Waals surface area contributed by atoms with E-state index < -0.39 is 11.5 Å². The minimum atomic E-state index is -0.967. The minimum absolute atomic E-state index is 0.154. The molecule has 1 unspecified atom stereocenters. The van der Waals surface area contributed by atoms with Crippen LogP contribution in [0.2, 0.25) is 0 Å². The second-order valence-corrected chi connectivity index (χ2v) is 5.61. The highest BCUT2D eigenvalue weighted by molar-refractivity contribution is 5.78. The van der Waals surface area contributed by atoms with Crippen LogP contribution in [-0.2, 0) is 14.3 Å². The average molecular weight is 325 g/mol. The molecular formula is C16H20FNO5. The van der Waals surface area contributed by atoms with Gasteiger partial charge >= 0.3 is 5.97 Å². The van der Waals surface area contributed by atoms with Crippen molar-refractivity contribution in [3.05, 3.63) is 30.1 Å². The maximum atomic E-state index is 13.0. The number of hydrogen-bond donors (Lipinski definition) is 2. The molecule has 0 aliphatic carbocycles. The van der Waals surface area contributed by atoms with Crippen molar-refractivity contribution < 1.29 is 28.6 Å². The summed E-state index contributed by atoms with van der Waals surface area (Å²) in [6.07, 6.45) is 0.992. The summed E-state index contributed by atoms with van der Waals surface area (Å²) >= 11 is 0. The monoisotopic (exact) mass is 325 g/mol. The summed E-state index contributed by atoms with van der Waals surface area (Å²) in [7, 11) is 0. The Morgan fingerprint density at radius 2 is 2.26 bits per heavy atom. The van der Waals surface area contributed by atoms with Gasteiger partial charge in [0.2, 0.25) is 5.91 Å². The van der Waals surface area contributed by atoms with Crippen molar-refractivity contribution in [3.8, 4) is 5.75 Å². The highest BCUT2D eigenvalue weighted by Crippen LogP contribution is 2.23. The fourth-order valence-corrected chi connectivity index (χ4v) is 2.52. The lowest BCUT2D eigenvalue weighted by atomic mass is 9.94. The number of carboxylic acids is 1. The van der Waals surface area contributed by atoms with E-state index in [1.165, 1.54) is 12.1 Å². The number of carbonyl (C=O) groups is 2. The van der Waals surface area contributed by atoms with Crippen LogP contribution in [0, 0.1) is 5.82 Å². The van der Waals surface area contributed by atoms with E-state index in [1.807, 2.05) is 0 Å². The molecular weight excluding hydrogens is 305 g/mol. The molecule has 1 atom stereocenters. The number of rotatable bonds is 8. The Morgan fingerprint density at radius 3 is 2.91 bits per heavy atom. The number of aliphatic carboxylic acids is 1. The van der Waals surface area contributed by atoms with Crippen molar-refractivity contribution in [2.24, 2.45) is 0 Å². The van der Waals surface area contributed by atoms with Crippen molar-refractivity contribution in [1.82, 2.24) is 5.32 Å². The summed E-state index contributed by atoms with van der Waals surface area (Å²) in [5.74, 6) is -1.17. The molecule has 6 nitrogen and oxygen atoms in total. The molecule has 2 rings (SSSR count). The van der Waals surface area contributed by atoms with Crippen molar-refractivity contribution >= 4 is 11.9 Å². The number of hydrogen-bond acceptors (Lipinski definition) is 4. The van der Waals surface area contributed by atoms with Crippen LogP contribution in [0.4, 0.5) is 4.39 Å². The zero-order valence-electron chi connectivity index (χ0n) is 12.7. The third-order valence-corrected chi connectivity index (χ3v) is 3.61. The maximum absolute atomic E-state index is 13.0. The summed E-state index contributed by atoms with van der Waals surface area (Å²) in [5, 5.41) is 11.7.